The Kier molecular flexibility index (Phi) is 4.94. The number of carbonyl (C=O) groups is 1. The van der Waals surface area contributed by atoms with Crippen molar-refractivity contribution >= 4 is 29.0 Å². The molecule has 0 bridgehead atoms. The largest absolute Gasteiger partial charge is 0.459 e. The van der Waals surface area contributed by atoms with Crippen molar-refractivity contribution in [2.45, 2.75) is 13.8 Å². The maximum Gasteiger partial charge on any atom is 0.291 e. The highest BCUT2D eigenvalue weighted by Crippen LogP contribution is 2.19. The number of hydrogen-bond acceptors (Lipinski definition) is 6. The zero-order chi connectivity index (χ0) is 17.6. The molecule has 0 aliphatic heterocycles. The van der Waals surface area contributed by atoms with Gasteiger partial charge in [-0.2, -0.15) is 4.98 Å². The molecule has 1 amide bonds. The highest BCUT2D eigenvalue weighted by molar-refractivity contribution is 6.02. The van der Waals surface area contributed by atoms with Crippen molar-refractivity contribution in [3.05, 3.63) is 60.2 Å². The monoisotopic (exact) mass is 337 g/mol. The van der Waals surface area contributed by atoms with Gasteiger partial charge in [-0.25, -0.2) is 4.98 Å². The standard InChI is InChI=1S/C18H19N5O2/c1-3-19-16-11-12(2)20-18(23-16)22-14-8-6-13(7-9-14)21-17(24)15-5-4-10-25-15/h4-11H,3H2,1-2H3,(H,21,24)(H2,19,20,22,23). The maximum atomic E-state index is 11.9. The van der Waals surface area contributed by atoms with Crippen LogP contribution in [0.5, 0.6) is 0 Å². The fourth-order valence-electron chi connectivity index (χ4n) is 2.26. The third-order valence-electron chi connectivity index (χ3n) is 3.36. The summed E-state index contributed by atoms with van der Waals surface area (Å²) in [6.07, 6.45) is 1.46. The number of carbonyl (C=O) groups excluding carboxylic acids is 1. The van der Waals surface area contributed by atoms with Gasteiger partial charge in [0.15, 0.2) is 5.76 Å². The molecule has 0 saturated carbocycles. The molecule has 0 spiro atoms. The number of furan rings is 1. The SMILES string of the molecule is CCNc1cc(C)nc(Nc2ccc(NC(=O)c3ccco3)cc2)n1. The predicted molar refractivity (Wildman–Crippen MR) is 97.3 cm³/mol. The molecule has 0 atom stereocenters. The lowest BCUT2D eigenvalue weighted by Crippen LogP contribution is -2.10. The first-order chi connectivity index (χ1) is 12.1. The normalized spacial score (nSPS) is 10.3. The van der Waals surface area contributed by atoms with Crippen molar-refractivity contribution in [1.82, 2.24) is 9.97 Å². The van der Waals surface area contributed by atoms with E-state index in [4.69, 9.17) is 4.42 Å². The van der Waals surface area contributed by atoms with Crippen molar-refractivity contribution < 1.29 is 9.21 Å². The van der Waals surface area contributed by atoms with Gasteiger partial charge in [0.25, 0.3) is 5.91 Å². The fourth-order valence-corrected chi connectivity index (χ4v) is 2.26. The summed E-state index contributed by atoms with van der Waals surface area (Å²) in [6.45, 7) is 4.72. The highest BCUT2D eigenvalue weighted by Gasteiger charge is 2.08. The number of amides is 1. The minimum atomic E-state index is -0.289. The van der Waals surface area contributed by atoms with E-state index in [2.05, 4.69) is 25.9 Å². The molecule has 7 nitrogen and oxygen atoms in total. The van der Waals surface area contributed by atoms with Gasteiger partial charge in [0.1, 0.15) is 5.82 Å². The van der Waals surface area contributed by atoms with Gasteiger partial charge < -0.3 is 20.4 Å². The summed E-state index contributed by atoms with van der Waals surface area (Å²) in [5.41, 5.74) is 2.37. The third kappa shape index (κ3) is 4.35. The summed E-state index contributed by atoms with van der Waals surface area (Å²) in [6, 6.07) is 12.5. The van der Waals surface area contributed by atoms with E-state index in [9.17, 15) is 4.79 Å². The Bertz CT molecular complexity index is 844. The van der Waals surface area contributed by atoms with Crippen molar-refractivity contribution in [2.75, 3.05) is 22.5 Å². The molecule has 3 N–H and O–H groups in total. The Morgan fingerprint density at radius 3 is 2.56 bits per heavy atom. The first kappa shape index (κ1) is 16.5. The predicted octanol–water partition coefficient (Wildman–Crippen LogP) is 3.81. The van der Waals surface area contributed by atoms with E-state index in [1.807, 2.05) is 32.0 Å². The minimum Gasteiger partial charge on any atom is -0.459 e. The van der Waals surface area contributed by atoms with Crippen LogP contribution in [0.15, 0.2) is 53.1 Å². The summed E-state index contributed by atoms with van der Waals surface area (Å²) in [5, 5.41) is 9.10. The molecule has 3 rings (SSSR count). The summed E-state index contributed by atoms with van der Waals surface area (Å²) in [5.74, 6) is 1.28. The molecule has 0 aliphatic rings. The van der Waals surface area contributed by atoms with Crippen LogP contribution in [0.2, 0.25) is 0 Å². The van der Waals surface area contributed by atoms with Gasteiger partial charge in [0.05, 0.1) is 6.26 Å². The molecule has 0 unspecified atom stereocenters. The summed E-state index contributed by atoms with van der Waals surface area (Å²) < 4.78 is 5.07. The van der Waals surface area contributed by atoms with Gasteiger partial charge in [0.2, 0.25) is 5.95 Å². The van der Waals surface area contributed by atoms with E-state index in [0.29, 0.717) is 11.6 Å². The molecule has 25 heavy (non-hydrogen) atoms. The average Bonchev–Trinajstić information content (AvgIpc) is 3.11. The lowest BCUT2D eigenvalue weighted by Gasteiger charge is -2.09. The first-order valence-electron chi connectivity index (χ1n) is 7.95. The van der Waals surface area contributed by atoms with Crippen molar-refractivity contribution in [2.24, 2.45) is 0 Å². The van der Waals surface area contributed by atoms with E-state index in [0.717, 1.165) is 23.7 Å². The topological polar surface area (TPSA) is 92.1 Å². The lowest BCUT2D eigenvalue weighted by molar-refractivity contribution is 0.0996. The van der Waals surface area contributed by atoms with Crippen LogP contribution in [0.1, 0.15) is 23.2 Å². The summed E-state index contributed by atoms with van der Waals surface area (Å²) in [4.78, 5) is 20.7. The van der Waals surface area contributed by atoms with E-state index < -0.39 is 0 Å². The Morgan fingerprint density at radius 1 is 1.12 bits per heavy atom. The van der Waals surface area contributed by atoms with Crippen molar-refractivity contribution in [3.63, 3.8) is 0 Å². The molecule has 3 aromatic rings. The number of rotatable bonds is 6. The Morgan fingerprint density at radius 2 is 1.88 bits per heavy atom. The van der Waals surface area contributed by atoms with E-state index in [1.165, 1.54) is 6.26 Å². The van der Waals surface area contributed by atoms with Crippen LogP contribution < -0.4 is 16.0 Å². The lowest BCUT2D eigenvalue weighted by atomic mass is 10.2. The average molecular weight is 337 g/mol. The molecule has 7 heteroatoms. The molecular weight excluding hydrogens is 318 g/mol. The Labute approximate surface area is 145 Å². The molecule has 0 radical (unpaired) electrons. The number of anilines is 4. The van der Waals surface area contributed by atoms with Crippen LogP contribution in [0.4, 0.5) is 23.1 Å². The number of hydrogen-bond donors (Lipinski definition) is 3. The molecular formula is C18H19N5O2. The third-order valence-corrected chi connectivity index (χ3v) is 3.36. The van der Waals surface area contributed by atoms with Crippen LogP contribution in [-0.2, 0) is 0 Å². The van der Waals surface area contributed by atoms with E-state index in [1.54, 1.807) is 24.3 Å². The quantitative estimate of drug-likeness (QED) is 0.633. The second kappa shape index (κ2) is 7.48. The number of benzene rings is 1. The number of aryl methyl sites for hydroxylation is 1. The molecule has 0 saturated heterocycles. The van der Waals surface area contributed by atoms with E-state index in [-0.39, 0.29) is 11.7 Å². The second-order valence-corrected chi connectivity index (χ2v) is 5.38. The number of nitrogens with zero attached hydrogens (tertiary/aromatic N) is 2. The van der Waals surface area contributed by atoms with Gasteiger partial charge in [-0.05, 0) is 50.2 Å². The van der Waals surface area contributed by atoms with Gasteiger partial charge >= 0.3 is 0 Å². The summed E-state index contributed by atoms with van der Waals surface area (Å²) in [7, 11) is 0. The zero-order valence-corrected chi connectivity index (χ0v) is 14.0. The molecule has 128 valence electrons. The molecule has 1 aromatic carbocycles. The minimum absolute atomic E-state index is 0.270. The van der Waals surface area contributed by atoms with Crippen molar-refractivity contribution in [1.29, 1.82) is 0 Å². The Balaban J connectivity index is 1.67. The van der Waals surface area contributed by atoms with Crippen LogP contribution in [0, 0.1) is 6.92 Å². The zero-order valence-electron chi connectivity index (χ0n) is 14.0. The first-order valence-corrected chi connectivity index (χ1v) is 7.95. The van der Waals surface area contributed by atoms with Crippen LogP contribution in [0.25, 0.3) is 0 Å². The van der Waals surface area contributed by atoms with Gasteiger partial charge in [0, 0.05) is 29.7 Å². The highest BCUT2D eigenvalue weighted by atomic mass is 16.3. The van der Waals surface area contributed by atoms with Crippen LogP contribution in [-0.4, -0.2) is 22.4 Å². The molecule has 0 fully saturated rings. The molecule has 2 heterocycles. The summed E-state index contributed by atoms with van der Waals surface area (Å²) >= 11 is 0. The Hall–Kier alpha value is -3.35. The van der Waals surface area contributed by atoms with Crippen LogP contribution in [0.3, 0.4) is 0 Å². The van der Waals surface area contributed by atoms with Gasteiger partial charge in [-0.15, -0.1) is 0 Å². The maximum absolute atomic E-state index is 11.9. The van der Waals surface area contributed by atoms with Gasteiger partial charge in [-0.1, -0.05) is 0 Å². The van der Waals surface area contributed by atoms with Gasteiger partial charge in [-0.3, -0.25) is 4.79 Å². The number of aromatic nitrogens is 2. The molecule has 2 aromatic heterocycles. The van der Waals surface area contributed by atoms with Crippen molar-refractivity contribution in [3.8, 4) is 0 Å². The smallest absolute Gasteiger partial charge is 0.291 e. The number of nitrogens with one attached hydrogen (secondary N) is 3. The molecule has 0 aliphatic carbocycles. The second-order valence-electron chi connectivity index (χ2n) is 5.38. The fraction of sp³-hybridized carbons (Fsp3) is 0.167. The van der Waals surface area contributed by atoms with E-state index >= 15 is 0 Å². The van der Waals surface area contributed by atoms with Crippen LogP contribution >= 0.6 is 0 Å².